The first-order valence-electron chi connectivity index (χ1n) is 7.09. The predicted molar refractivity (Wildman–Crippen MR) is 66.9 cm³/mol. The molecule has 1 atom stereocenters. The first kappa shape index (κ1) is 11.3. The second kappa shape index (κ2) is 4.81. The molecule has 2 heterocycles. The minimum Gasteiger partial charge on any atom is -0.385 e. The predicted octanol–water partition coefficient (Wildman–Crippen LogP) is 3.15. The molecule has 1 aliphatic heterocycles. The molecule has 0 spiro atoms. The molecular weight excluding hydrogens is 212 g/mol. The van der Waals surface area contributed by atoms with Crippen molar-refractivity contribution in [2.45, 2.75) is 69.9 Å². The molecule has 0 bridgehead atoms. The van der Waals surface area contributed by atoms with Gasteiger partial charge in [-0.1, -0.05) is 25.7 Å². The molecule has 1 saturated carbocycles. The topological polar surface area (TPSA) is 38.0 Å². The van der Waals surface area contributed by atoms with Crippen LogP contribution in [0.1, 0.15) is 74.9 Å². The number of aromatic nitrogens is 2. The molecule has 1 aromatic heterocycles. The van der Waals surface area contributed by atoms with Crippen molar-refractivity contribution >= 4 is 0 Å². The normalized spacial score (nSPS) is 26.5. The summed E-state index contributed by atoms with van der Waals surface area (Å²) >= 11 is 0. The maximum Gasteiger partial charge on any atom is 0.137 e. The Balaban J connectivity index is 1.87. The summed E-state index contributed by atoms with van der Waals surface area (Å²) in [5, 5.41) is 9.95. The molecule has 1 unspecified atom stereocenters. The van der Waals surface area contributed by atoms with Gasteiger partial charge in [0.1, 0.15) is 11.9 Å². The van der Waals surface area contributed by atoms with E-state index in [1.165, 1.54) is 44.2 Å². The van der Waals surface area contributed by atoms with E-state index in [1.54, 1.807) is 0 Å². The lowest BCUT2D eigenvalue weighted by molar-refractivity contribution is 0.132. The van der Waals surface area contributed by atoms with Crippen molar-refractivity contribution in [3.63, 3.8) is 0 Å². The molecule has 1 fully saturated rings. The molecule has 94 valence electrons. The maximum atomic E-state index is 9.95. The van der Waals surface area contributed by atoms with Crippen LogP contribution in [0.4, 0.5) is 0 Å². The second-order valence-corrected chi connectivity index (χ2v) is 5.54. The number of fused-ring (bicyclic) bond motifs is 1. The van der Waals surface area contributed by atoms with Crippen molar-refractivity contribution < 1.29 is 5.11 Å². The van der Waals surface area contributed by atoms with Crippen LogP contribution in [0.2, 0.25) is 0 Å². The average molecular weight is 234 g/mol. The number of aliphatic hydroxyl groups excluding tert-OH is 1. The summed E-state index contributed by atoms with van der Waals surface area (Å²) in [6, 6.07) is 0. The van der Waals surface area contributed by atoms with E-state index < -0.39 is 0 Å². The van der Waals surface area contributed by atoms with E-state index >= 15 is 0 Å². The fourth-order valence-electron chi connectivity index (χ4n) is 3.39. The Bertz CT molecular complexity index is 378. The van der Waals surface area contributed by atoms with Crippen LogP contribution in [-0.4, -0.2) is 14.7 Å². The first-order valence-corrected chi connectivity index (χ1v) is 7.09. The highest BCUT2D eigenvalue weighted by Crippen LogP contribution is 2.35. The van der Waals surface area contributed by atoms with Gasteiger partial charge < -0.3 is 9.67 Å². The van der Waals surface area contributed by atoms with Crippen molar-refractivity contribution in [3.8, 4) is 0 Å². The summed E-state index contributed by atoms with van der Waals surface area (Å²) < 4.78 is 2.30. The van der Waals surface area contributed by atoms with Crippen LogP contribution in [0.5, 0.6) is 0 Å². The molecule has 1 aromatic rings. The second-order valence-electron chi connectivity index (χ2n) is 5.54. The van der Waals surface area contributed by atoms with E-state index in [4.69, 9.17) is 0 Å². The van der Waals surface area contributed by atoms with Crippen LogP contribution in [0.3, 0.4) is 0 Å². The Kier molecular flexibility index (Phi) is 3.19. The van der Waals surface area contributed by atoms with Gasteiger partial charge >= 0.3 is 0 Å². The number of nitrogens with zero attached hydrogens (tertiary/aromatic N) is 2. The molecule has 0 radical (unpaired) electrons. The Morgan fingerprint density at radius 3 is 2.59 bits per heavy atom. The standard InChI is InChI=1S/C14H22N2O/c17-13-8-5-9-16-12(10-15-14(13)16)11-6-3-1-2-4-7-11/h10-11,13,17H,1-9H2. The third kappa shape index (κ3) is 2.13. The molecule has 3 heteroatoms. The van der Waals surface area contributed by atoms with Gasteiger partial charge in [-0.05, 0) is 25.7 Å². The highest BCUT2D eigenvalue weighted by Gasteiger charge is 2.25. The summed E-state index contributed by atoms with van der Waals surface area (Å²) in [4.78, 5) is 4.46. The zero-order valence-corrected chi connectivity index (χ0v) is 10.4. The lowest BCUT2D eigenvalue weighted by Crippen LogP contribution is -2.18. The van der Waals surface area contributed by atoms with Crippen molar-refractivity contribution in [3.05, 3.63) is 17.7 Å². The summed E-state index contributed by atoms with van der Waals surface area (Å²) in [6.45, 7) is 1.05. The summed E-state index contributed by atoms with van der Waals surface area (Å²) in [6.07, 6.45) is 11.8. The van der Waals surface area contributed by atoms with Gasteiger partial charge in [-0.25, -0.2) is 4.98 Å². The van der Waals surface area contributed by atoms with Crippen LogP contribution in [0.15, 0.2) is 6.20 Å². The van der Waals surface area contributed by atoms with E-state index in [-0.39, 0.29) is 6.10 Å². The molecular formula is C14H22N2O. The van der Waals surface area contributed by atoms with E-state index in [2.05, 4.69) is 9.55 Å². The Morgan fingerprint density at radius 2 is 1.82 bits per heavy atom. The number of hydrogen-bond acceptors (Lipinski definition) is 2. The lowest BCUT2D eigenvalue weighted by Gasteiger charge is -2.23. The highest BCUT2D eigenvalue weighted by molar-refractivity contribution is 5.14. The SMILES string of the molecule is OC1CCCn2c(C3CCCCCC3)cnc21. The van der Waals surface area contributed by atoms with Gasteiger partial charge in [-0.2, -0.15) is 0 Å². The Hall–Kier alpha value is -0.830. The number of rotatable bonds is 1. The van der Waals surface area contributed by atoms with E-state index in [1.807, 2.05) is 6.20 Å². The first-order chi connectivity index (χ1) is 8.36. The minimum atomic E-state index is -0.330. The van der Waals surface area contributed by atoms with Crippen LogP contribution in [-0.2, 0) is 6.54 Å². The number of hydrogen-bond donors (Lipinski definition) is 1. The monoisotopic (exact) mass is 234 g/mol. The number of imidazole rings is 1. The van der Waals surface area contributed by atoms with Gasteiger partial charge in [-0.3, -0.25) is 0 Å². The molecule has 3 nitrogen and oxygen atoms in total. The van der Waals surface area contributed by atoms with Crippen molar-refractivity contribution in [2.24, 2.45) is 0 Å². The van der Waals surface area contributed by atoms with Crippen LogP contribution in [0.25, 0.3) is 0 Å². The molecule has 1 N–H and O–H groups in total. The van der Waals surface area contributed by atoms with Gasteiger partial charge in [0.05, 0.1) is 0 Å². The summed E-state index contributed by atoms with van der Waals surface area (Å²) in [5.41, 5.74) is 1.39. The molecule has 0 aromatic carbocycles. The van der Waals surface area contributed by atoms with E-state index in [0.717, 1.165) is 25.2 Å². The maximum absolute atomic E-state index is 9.95. The van der Waals surface area contributed by atoms with Crippen LogP contribution in [0, 0.1) is 0 Å². The third-order valence-electron chi connectivity index (χ3n) is 4.35. The van der Waals surface area contributed by atoms with Gasteiger partial charge in [0.25, 0.3) is 0 Å². The van der Waals surface area contributed by atoms with Crippen molar-refractivity contribution in [1.29, 1.82) is 0 Å². The van der Waals surface area contributed by atoms with E-state index in [9.17, 15) is 5.11 Å². The zero-order chi connectivity index (χ0) is 11.7. The van der Waals surface area contributed by atoms with Gasteiger partial charge in [0.2, 0.25) is 0 Å². The molecule has 0 saturated heterocycles. The smallest absolute Gasteiger partial charge is 0.137 e. The minimum absolute atomic E-state index is 0.330. The summed E-state index contributed by atoms with van der Waals surface area (Å²) in [7, 11) is 0. The number of aliphatic hydroxyl groups is 1. The van der Waals surface area contributed by atoms with Gasteiger partial charge in [0, 0.05) is 24.4 Å². The molecule has 0 amide bonds. The van der Waals surface area contributed by atoms with Crippen LogP contribution < -0.4 is 0 Å². The fourth-order valence-corrected chi connectivity index (χ4v) is 3.39. The van der Waals surface area contributed by atoms with E-state index in [0.29, 0.717) is 5.92 Å². The third-order valence-corrected chi connectivity index (χ3v) is 4.35. The van der Waals surface area contributed by atoms with Gasteiger partial charge in [-0.15, -0.1) is 0 Å². The molecule has 2 aliphatic rings. The summed E-state index contributed by atoms with van der Waals surface area (Å²) in [5.74, 6) is 1.60. The van der Waals surface area contributed by atoms with Crippen LogP contribution >= 0.6 is 0 Å². The fraction of sp³-hybridized carbons (Fsp3) is 0.786. The van der Waals surface area contributed by atoms with Crippen molar-refractivity contribution in [1.82, 2.24) is 9.55 Å². The molecule has 17 heavy (non-hydrogen) atoms. The van der Waals surface area contributed by atoms with Gasteiger partial charge in [0.15, 0.2) is 0 Å². The quantitative estimate of drug-likeness (QED) is 0.758. The Labute approximate surface area is 103 Å². The average Bonchev–Trinajstić information content (AvgIpc) is 2.59. The van der Waals surface area contributed by atoms with Crippen molar-refractivity contribution in [2.75, 3.05) is 0 Å². The Morgan fingerprint density at radius 1 is 1.06 bits per heavy atom. The highest BCUT2D eigenvalue weighted by atomic mass is 16.3. The molecule has 1 aliphatic carbocycles. The zero-order valence-electron chi connectivity index (χ0n) is 10.4. The lowest BCUT2D eigenvalue weighted by atomic mass is 9.96. The molecule has 3 rings (SSSR count). The largest absolute Gasteiger partial charge is 0.385 e.